The van der Waals surface area contributed by atoms with Gasteiger partial charge in [-0.1, -0.05) is 50.4 Å². The molecule has 96 valence electrons. The van der Waals surface area contributed by atoms with Gasteiger partial charge in [0.1, 0.15) is 0 Å². The van der Waals surface area contributed by atoms with Gasteiger partial charge in [-0.2, -0.15) is 0 Å². The summed E-state index contributed by atoms with van der Waals surface area (Å²) >= 11 is 8.16. The summed E-state index contributed by atoms with van der Waals surface area (Å²) in [6.45, 7) is 6.26. The van der Waals surface area contributed by atoms with E-state index in [1.165, 1.54) is 29.7 Å². The number of nitrogens with one attached hydrogen (secondary N) is 1. The largest absolute Gasteiger partial charge is 0.313 e. The summed E-state index contributed by atoms with van der Waals surface area (Å²) in [4.78, 5) is 1.26. The van der Waals surface area contributed by atoms with E-state index in [2.05, 4.69) is 25.2 Å². The van der Waals surface area contributed by atoms with Crippen LogP contribution < -0.4 is 5.32 Å². The Labute approximate surface area is 114 Å². The second-order valence-corrected chi connectivity index (χ2v) is 5.58. The molecule has 1 N–H and O–H groups in total. The van der Waals surface area contributed by atoms with E-state index in [0.29, 0.717) is 0 Å². The number of benzene rings is 1. The second-order valence-electron chi connectivity index (χ2n) is 4.06. The van der Waals surface area contributed by atoms with Gasteiger partial charge in [-0.05, 0) is 30.3 Å². The van der Waals surface area contributed by atoms with Gasteiger partial charge in [0, 0.05) is 11.4 Å². The normalized spacial score (nSPS) is 10.8. The van der Waals surface area contributed by atoms with Crippen molar-refractivity contribution >= 4 is 23.4 Å². The van der Waals surface area contributed by atoms with Crippen molar-refractivity contribution < 1.29 is 0 Å². The quantitative estimate of drug-likeness (QED) is 0.542. The van der Waals surface area contributed by atoms with Gasteiger partial charge in [0.2, 0.25) is 0 Å². The molecule has 0 fully saturated rings. The van der Waals surface area contributed by atoms with Crippen LogP contribution in [0.1, 0.15) is 38.7 Å². The number of unbranched alkanes of at least 4 members (excludes halogenated alkanes) is 2. The molecule has 0 unspecified atom stereocenters. The van der Waals surface area contributed by atoms with Crippen LogP contribution in [-0.4, -0.2) is 12.3 Å². The second kappa shape index (κ2) is 8.84. The molecule has 0 aliphatic rings. The summed E-state index contributed by atoms with van der Waals surface area (Å²) in [6.07, 6.45) is 3.85. The summed E-state index contributed by atoms with van der Waals surface area (Å²) in [5, 5.41) is 4.25. The van der Waals surface area contributed by atoms with E-state index in [0.717, 1.165) is 23.9 Å². The number of hydrogen-bond acceptors (Lipinski definition) is 2. The van der Waals surface area contributed by atoms with Crippen LogP contribution in [0, 0.1) is 0 Å². The molecule has 0 atom stereocenters. The molecule has 1 aromatic carbocycles. The fraction of sp³-hybridized carbons (Fsp3) is 0.571. The first kappa shape index (κ1) is 14.9. The summed E-state index contributed by atoms with van der Waals surface area (Å²) in [5.74, 6) is 1.16. The fourth-order valence-corrected chi connectivity index (χ4v) is 3.08. The van der Waals surface area contributed by atoms with E-state index in [4.69, 9.17) is 11.6 Å². The minimum Gasteiger partial charge on any atom is -0.313 e. The van der Waals surface area contributed by atoms with E-state index in [-0.39, 0.29) is 0 Å². The summed E-state index contributed by atoms with van der Waals surface area (Å²) in [7, 11) is 0. The zero-order valence-electron chi connectivity index (χ0n) is 10.8. The zero-order chi connectivity index (χ0) is 12.5. The Morgan fingerprint density at radius 3 is 2.76 bits per heavy atom. The lowest BCUT2D eigenvalue weighted by Gasteiger charge is -2.11. The highest BCUT2D eigenvalue weighted by Gasteiger charge is 2.06. The first-order valence-corrected chi connectivity index (χ1v) is 7.76. The average molecular weight is 272 g/mol. The van der Waals surface area contributed by atoms with E-state index in [9.17, 15) is 0 Å². The number of halogens is 1. The molecule has 0 amide bonds. The van der Waals surface area contributed by atoms with Gasteiger partial charge >= 0.3 is 0 Å². The van der Waals surface area contributed by atoms with E-state index < -0.39 is 0 Å². The van der Waals surface area contributed by atoms with Crippen LogP contribution in [0.25, 0.3) is 0 Å². The van der Waals surface area contributed by atoms with Crippen LogP contribution in [0.2, 0.25) is 5.02 Å². The molecular weight excluding hydrogens is 250 g/mol. The molecule has 3 heteroatoms. The molecule has 0 spiro atoms. The molecule has 0 saturated carbocycles. The van der Waals surface area contributed by atoms with Crippen molar-refractivity contribution in [3.8, 4) is 0 Å². The number of hydrogen-bond donors (Lipinski definition) is 1. The molecule has 0 heterocycles. The monoisotopic (exact) mass is 271 g/mol. The highest BCUT2D eigenvalue weighted by atomic mass is 35.5. The highest BCUT2D eigenvalue weighted by Crippen LogP contribution is 2.31. The Morgan fingerprint density at radius 2 is 2.06 bits per heavy atom. The lowest BCUT2D eigenvalue weighted by molar-refractivity contribution is 0.717. The maximum Gasteiger partial charge on any atom is 0.0545 e. The Hall–Kier alpha value is -0.180. The van der Waals surface area contributed by atoms with Crippen LogP contribution >= 0.6 is 23.4 Å². The third kappa shape index (κ3) is 5.33. The van der Waals surface area contributed by atoms with Crippen molar-refractivity contribution in [3.63, 3.8) is 0 Å². The molecule has 17 heavy (non-hydrogen) atoms. The SMILES string of the molecule is CCCCCSc1c(Cl)cccc1CNCC. The van der Waals surface area contributed by atoms with Gasteiger partial charge in [0.25, 0.3) is 0 Å². The maximum absolute atomic E-state index is 6.27. The van der Waals surface area contributed by atoms with Crippen LogP contribution in [0.4, 0.5) is 0 Å². The smallest absolute Gasteiger partial charge is 0.0545 e. The van der Waals surface area contributed by atoms with E-state index >= 15 is 0 Å². The molecule has 0 aliphatic heterocycles. The third-order valence-corrected chi connectivity index (χ3v) is 4.30. The predicted octanol–water partition coefficient (Wildman–Crippen LogP) is 4.73. The van der Waals surface area contributed by atoms with Crippen molar-refractivity contribution in [1.29, 1.82) is 0 Å². The van der Waals surface area contributed by atoms with Crippen molar-refractivity contribution in [2.75, 3.05) is 12.3 Å². The van der Waals surface area contributed by atoms with Crippen LogP contribution in [-0.2, 0) is 6.54 Å². The van der Waals surface area contributed by atoms with Gasteiger partial charge in [-0.15, -0.1) is 11.8 Å². The first-order chi connectivity index (χ1) is 8.29. The van der Waals surface area contributed by atoms with Crippen molar-refractivity contribution in [1.82, 2.24) is 5.32 Å². The standard InChI is InChI=1S/C14H22ClNS/c1-3-5-6-10-17-14-12(11-16-4-2)8-7-9-13(14)15/h7-9,16H,3-6,10-11H2,1-2H3. The van der Waals surface area contributed by atoms with Crippen molar-refractivity contribution in [2.24, 2.45) is 0 Å². The Kier molecular flexibility index (Phi) is 7.74. The fourth-order valence-electron chi connectivity index (χ4n) is 1.64. The average Bonchev–Trinajstić information content (AvgIpc) is 2.34. The summed E-state index contributed by atoms with van der Waals surface area (Å²) in [5.41, 5.74) is 1.32. The van der Waals surface area contributed by atoms with Crippen molar-refractivity contribution in [3.05, 3.63) is 28.8 Å². The summed E-state index contributed by atoms with van der Waals surface area (Å²) < 4.78 is 0. The lowest BCUT2D eigenvalue weighted by Crippen LogP contribution is -2.12. The molecule has 0 radical (unpaired) electrons. The van der Waals surface area contributed by atoms with Crippen LogP contribution in [0.5, 0.6) is 0 Å². The maximum atomic E-state index is 6.27. The minimum absolute atomic E-state index is 0.891. The topological polar surface area (TPSA) is 12.0 Å². The van der Waals surface area contributed by atoms with Gasteiger partial charge in [0.05, 0.1) is 5.02 Å². The van der Waals surface area contributed by atoms with Crippen LogP contribution in [0.15, 0.2) is 23.1 Å². The van der Waals surface area contributed by atoms with Gasteiger partial charge in [-0.25, -0.2) is 0 Å². The molecule has 0 bridgehead atoms. The zero-order valence-corrected chi connectivity index (χ0v) is 12.3. The third-order valence-electron chi connectivity index (χ3n) is 2.61. The van der Waals surface area contributed by atoms with E-state index in [1.807, 2.05) is 23.9 Å². The Balaban J connectivity index is 2.60. The molecular formula is C14H22ClNS. The van der Waals surface area contributed by atoms with E-state index in [1.54, 1.807) is 0 Å². The van der Waals surface area contributed by atoms with Gasteiger partial charge in [0.15, 0.2) is 0 Å². The van der Waals surface area contributed by atoms with Crippen LogP contribution in [0.3, 0.4) is 0 Å². The molecule has 0 aromatic heterocycles. The Morgan fingerprint density at radius 1 is 1.24 bits per heavy atom. The number of thioether (sulfide) groups is 1. The van der Waals surface area contributed by atoms with Crippen molar-refractivity contribution in [2.45, 2.75) is 44.6 Å². The summed E-state index contributed by atoms with van der Waals surface area (Å²) in [6, 6.07) is 6.18. The van der Waals surface area contributed by atoms with Gasteiger partial charge in [-0.3, -0.25) is 0 Å². The molecule has 0 saturated heterocycles. The molecule has 0 aliphatic carbocycles. The number of rotatable bonds is 8. The Bertz CT molecular complexity index is 328. The minimum atomic E-state index is 0.891. The van der Waals surface area contributed by atoms with Gasteiger partial charge < -0.3 is 5.32 Å². The lowest BCUT2D eigenvalue weighted by atomic mass is 10.2. The predicted molar refractivity (Wildman–Crippen MR) is 79.1 cm³/mol. The highest BCUT2D eigenvalue weighted by molar-refractivity contribution is 7.99. The molecule has 1 nitrogen and oxygen atoms in total. The molecule has 1 aromatic rings. The molecule has 1 rings (SSSR count). The first-order valence-electron chi connectivity index (χ1n) is 6.40.